The predicted octanol–water partition coefficient (Wildman–Crippen LogP) is 4.44. The standard InChI is InChI=1S/C16H20BrNS/c1-12-3-5-13(6-4-12)9-14(11-18-2)10-16-15(17)7-8-19-16/h3-8,14,18H,9-11H2,1-2H3. The molecule has 0 aliphatic rings. The fourth-order valence-electron chi connectivity index (χ4n) is 2.30. The van der Waals surface area contributed by atoms with Gasteiger partial charge in [-0.25, -0.2) is 0 Å². The van der Waals surface area contributed by atoms with E-state index in [0.29, 0.717) is 5.92 Å². The van der Waals surface area contributed by atoms with Crippen LogP contribution >= 0.6 is 27.3 Å². The summed E-state index contributed by atoms with van der Waals surface area (Å²) in [5, 5.41) is 5.48. The van der Waals surface area contributed by atoms with Crippen molar-refractivity contribution in [3.63, 3.8) is 0 Å². The molecule has 1 atom stereocenters. The van der Waals surface area contributed by atoms with Crippen molar-refractivity contribution in [3.8, 4) is 0 Å². The van der Waals surface area contributed by atoms with Crippen LogP contribution in [0, 0.1) is 12.8 Å². The number of hydrogen-bond acceptors (Lipinski definition) is 2. The van der Waals surface area contributed by atoms with E-state index in [0.717, 1.165) is 19.4 Å². The van der Waals surface area contributed by atoms with E-state index in [-0.39, 0.29) is 0 Å². The molecule has 0 fully saturated rings. The molecule has 0 saturated heterocycles. The number of hydrogen-bond donors (Lipinski definition) is 1. The van der Waals surface area contributed by atoms with E-state index in [1.165, 1.54) is 20.5 Å². The lowest BCUT2D eigenvalue weighted by Gasteiger charge is -2.16. The molecule has 1 nitrogen and oxygen atoms in total. The first-order valence-electron chi connectivity index (χ1n) is 6.61. The van der Waals surface area contributed by atoms with Crippen LogP contribution in [-0.4, -0.2) is 13.6 Å². The molecule has 0 aliphatic heterocycles. The molecule has 0 radical (unpaired) electrons. The third kappa shape index (κ3) is 4.44. The first-order valence-corrected chi connectivity index (χ1v) is 8.28. The molecular weight excluding hydrogens is 318 g/mol. The number of aryl methyl sites for hydroxylation is 1. The second kappa shape index (κ2) is 7.22. The minimum atomic E-state index is 0.641. The van der Waals surface area contributed by atoms with Gasteiger partial charge in [-0.05, 0) is 72.2 Å². The lowest BCUT2D eigenvalue weighted by Crippen LogP contribution is -2.22. The molecule has 0 aliphatic carbocycles. The molecule has 3 heteroatoms. The van der Waals surface area contributed by atoms with Crippen molar-refractivity contribution in [1.82, 2.24) is 5.32 Å². The van der Waals surface area contributed by atoms with Gasteiger partial charge in [-0.3, -0.25) is 0 Å². The molecule has 102 valence electrons. The van der Waals surface area contributed by atoms with Gasteiger partial charge in [0.1, 0.15) is 0 Å². The van der Waals surface area contributed by atoms with E-state index in [9.17, 15) is 0 Å². The fourth-order valence-corrected chi connectivity index (χ4v) is 3.93. The molecule has 1 aromatic carbocycles. The second-order valence-corrected chi connectivity index (χ2v) is 6.86. The van der Waals surface area contributed by atoms with Crippen LogP contribution in [0.5, 0.6) is 0 Å². The Morgan fingerprint density at radius 1 is 1.16 bits per heavy atom. The van der Waals surface area contributed by atoms with Gasteiger partial charge >= 0.3 is 0 Å². The highest BCUT2D eigenvalue weighted by Crippen LogP contribution is 2.26. The molecule has 0 amide bonds. The Balaban J connectivity index is 2.03. The van der Waals surface area contributed by atoms with Crippen molar-refractivity contribution in [1.29, 1.82) is 0 Å². The van der Waals surface area contributed by atoms with Crippen molar-refractivity contribution in [3.05, 3.63) is 56.2 Å². The van der Waals surface area contributed by atoms with Gasteiger partial charge in [0.2, 0.25) is 0 Å². The molecule has 1 N–H and O–H groups in total. The van der Waals surface area contributed by atoms with E-state index < -0.39 is 0 Å². The monoisotopic (exact) mass is 337 g/mol. The molecule has 1 heterocycles. The van der Waals surface area contributed by atoms with E-state index >= 15 is 0 Å². The summed E-state index contributed by atoms with van der Waals surface area (Å²) in [7, 11) is 2.03. The van der Waals surface area contributed by atoms with Crippen molar-refractivity contribution >= 4 is 27.3 Å². The van der Waals surface area contributed by atoms with Crippen molar-refractivity contribution < 1.29 is 0 Å². The summed E-state index contributed by atoms with van der Waals surface area (Å²) in [5.41, 5.74) is 2.76. The largest absolute Gasteiger partial charge is 0.319 e. The van der Waals surface area contributed by atoms with Gasteiger partial charge in [-0.2, -0.15) is 0 Å². The SMILES string of the molecule is CNCC(Cc1ccc(C)cc1)Cc1sccc1Br. The average Bonchev–Trinajstić information content (AvgIpc) is 2.78. The number of halogens is 1. The van der Waals surface area contributed by atoms with Crippen LogP contribution < -0.4 is 5.32 Å². The zero-order valence-electron chi connectivity index (χ0n) is 11.4. The van der Waals surface area contributed by atoms with Gasteiger partial charge in [0.15, 0.2) is 0 Å². The molecule has 1 aromatic heterocycles. The summed E-state index contributed by atoms with van der Waals surface area (Å²) in [6.45, 7) is 3.19. The highest BCUT2D eigenvalue weighted by Gasteiger charge is 2.13. The topological polar surface area (TPSA) is 12.0 Å². The molecular formula is C16H20BrNS. The Bertz CT molecular complexity index is 504. The third-order valence-corrected chi connectivity index (χ3v) is 5.25. The minimum absolute atomic E-state index is 0.641. The third-order valence-electron chi connectivity index (χ3n) is 3.30. The van der Waals surface area contributed by atoms with Crippen LogP contribution in [0.3, 0.4) is 0 Å². The molecule has 2 rings (SSSR count). The van der Waals surface area contributed by atoms with Crippen LogP contribution in [0.2, 0.25) is 0 Å². The van der Waals surface area contributed by atoms with E-state index in [2.05, 4.69) is 63.9 Å². The van der Waals surface area contributed by atoms with Crippen molar-refractivity contribution in [2.24, 2.45) is 5.92 Å². The predicted molar refractivity (Wildman–Crippen MR) is 88.0 cm³/mol. The number of nitrogens with one attached hydrogen (secondary N) is 1. The lowest BCUT2D eigenvalue weighted by atomic mass is 9.95. The molecule has 0 spiro atoms. The summed E-state index contributed by atoms with van der Waals surface area (Å²) in [6, 6.07) is 11.0. The Kier molecular flexibility index (Phi) is 5.61. The smallest absolute Gasteiger partial charge is 0.0314 e. The maximum Gasteiger partial charge on any atom is 0.0314 e. The van der Waals surface area contributed by atoms with E-state index in [1.807, 2.05) is 18.4 Å². The molecule has 19 heavy (non-hydrogen) atoms. The zero-order valence-corrected chi connectivity index (χ0v) is 13.9. The summed E-state index contributed by atoms with van der Waals surface area (Å²) in [6.07, 6.45) is 2.26. The van der Waals surface area contributed by atoms with Gasteiger partial charge < -0.3 is 5.32 Å². The minimum Gasteiger partial charge on any atom is -0.319 e. The zero-order chi connectivity index (χ0) is 13.7. The average molecular weight is 338 g/mol. The summed E-state index contributed by atoms with van der Waals surface area (Å²) < 4.78 is 1.25. The Hall–Kier alpha value is -0.640. The van der Waals surface area contributed by atoms with E-state index in [4.69, 9.17) is 0 Å². The van der Waals surface area contributed by atoms with Crippen LogP contribution in [0.4, 0.5) is 0 Å². The van der Waals surface area contributed by atoms with Crippen LogP contribution in [-0.2, 0) is 12.8 Å². The maximum absolute atomic E-state index is 3.63. The number of benzene rings is 1. The van der Waals surface area contributed by atoms with Crippen LogP contribution in [0.15, 0.2) is 40.2 Å². The summed E-state index contributed by atoms with van der Waals surface area (Å²) >= 11 is 5.47. The molecule has 0 saturated carbocycles. The lowest BCUT2D eigenvalue weighted by molar-refractivity contribution is 0.496. The normalized spacial score (nSPS) is 12.6. The Labute approximate surface area is 128 Å². The number of thiophene rings is 1. The highest BCUT2D eigenvalue weighted by atomic mass is 79.9. The van der Waals surface area contributed by atoms with Crippen LogP contribution in [0.1, 0.15) is 16.0 Å². The second-order valence-electron chi connectivity index (χ2n) is 5.01. The van der Waals surface area contributed by atoms with Gasteiger partial charge in [-0.1, -0.05) is 29.8 Å². The fraction of sp³-hybridized carbons (Fsp3) is 0.375. The molecule has 1 unspecified atom stereocenters. The first kappa shape index (κ1) is 14.8. The Morgan fingerprint density at radius 3 is 2.47 bits per heavy atom. The number of rotatable bonds is 6. The quantitative estimate of drug-likeness (QED) is 0.821. The maximum atomic E-state index is 3.63. The van der Waals surface area contributed by atoms with E-state index in [1.54, 1.807) is 0 Å². The molecule has 0 bridgehead atoms. The van der Waals surface area contributed by atoms with Gasteiger partial charge in [-0.15, -0.1) is 11.3 Å². The molecule has 2 aromatic rings. The first-order chi connectivity index (χ1) is 9.19. The Morgan fingerprint density at radius 2 is 1.89 bits per heavy atom. The summed E-state index contributed by atoms with van der Waals surface area (Å²) in [4.78, 5) is 1.45. The van der Waals surface area contributed by atoms with Gasteiger partial charge in [0, 0.05) is 9.35 Å². The van der Waals surface area contributed by atoms with Gasteiger partial charge in [0.05, 0.1) is 0 Å². The highest BCUT2D eigenvalue weighted by molar-refractivity contribution is 9.10. The van der Waals surface area contributed by atoms with Crippen LogP contribution in [0.25, 0.3) is 0 Å². The van der Waals surface area contributed by atoms with Gasteiger partial charge in [0.25, 0.3) is 0 Å². The van der Waals surface area contributed by atoms with Crippen molar-refractivity contribution in [2.45, 2.75) is 19.8 Å². The van der Waals surface area contributed by atoms with Crippen molar-refractivity contribution in [2.75, 3.05) is 13.6 Å². The summed E-state index contributed by atoms with van der Waals surface area (Å²) in [5.74, 6) is 0.641.